The van der Waals surface area contributed by atoms with Gasteiger partial charge in [-0.05, 0) is 58.6 Å². The second-order valence-electron chi connectivity index (χ2n) is 8.86. The molecule has 0 bridgehead atoms. The fourth-order valence-electron chi connectivity index (χ4n) is 3.66. The topological polar surface area (TPSA) is 78.9 Å². The summed E-state index contributed by atoms with van der Waals surface area (Å²) < 4.78 is 5.16. The predicted octanol–water partition coefficient (Wildman–Crippen LogP) is 3.97. The van der Waals surface area contributed by atoms with Gasteiger partial charge in [0.15, 0.2) is 0 Å². The third kappa shape index (κ3) is 6.82. The molecule has 1 fully saturated rings. The van der Waals surface area contributed by atoms with E-state index in [1.807, 2.05) is 12.1 Å². The Balaban J connectivity index is 1.97. The molecule has 2 unspecified atom stereocenters. The number of carboxylic acid groups (broad SMARTS) is 1. The number of nitrogens with one attached hydrogen (secondary N) is 1. The van der Waals surface area contributed by atoms with Crippen LogP contribution in [0.25, 0.3) is 0 Å². The van der Waals surface area contributed by atoms with Crippen molar-refractivity contribution < 1.29 is 19.4 Å². The summed E-state index contributed by atoms with van der Waals surface area (Å²) in [5.74, 6) is -1.08. The highest BCUT2D eigenvalue weighted by Gasteiger charge is 2.26. The van der Waals surface area contributed by atoms with Crippen LogP contribution >= 0.6 is 0 Å². The van der Waals surface area contributed by atoms with Crippen molar-refractivity contribution in [3.63, 3.8) is 0 Å². The molecule has 1 heterocycles. The molecule has 6 heteroatoms. The molecule has 0 spiro atoms. The van der Waals surface area contributed by atoms with Gasteiger partial charge in [0.05, 0.1) is 0 Å². The molecule has 1 saturated heterocycles. The van der Waals surface area contributed by atoms with Crippen LogP contribution < -0.4 is 5.32 Å². The molecule has 0 saturated carbocycles. The van der Waals surface area contributed by atoms with Crippen LogP contribution in [0.15, 0.2) is 24.3 Å². The summed E-state index contributed by atoms with van der Waals surface area (Å²) in [5.41, 5.74) is 1.42. The molecule has 1 amide bonds. The van der Waals surface area contributed by atoms with Crippen molar-refractivity contribution in [1.29, 1.82) is 0 Å². The Labute approximate surface area is 168 Å². The lowest BCUT2D eigenvalue weighted by molar-refractivity contribution is -0.139. The van der Waals surface area contributed by atoms with Crippen LogP contribution in [0, 0.1) is 0 Å². The number of ether oxygens (including phenoxy) is 1. The Morgan fingerprint density at radius 3 is 2.18 bits per heavy atom. The number of carbonyl (C=O) groups is 2. The molecule has 3 atom stereocenters. The average molecular weight is 391 g/mol. The van der Waals surface area contributed by atoms with Gasteiger partial charge in [-0.15, -0.1) is 0 Å². The number of carbonyl (C=O) groups excluding carboxylic acids is 1. The normalized spacial score (nSPS) is 21.8. The molecule has 28 heavy (non-hydrogen) atoms. The molecular weight excluding hydrogens is 356 g/mol. The monoisotopic (exact) mass is 390 g/mol. The quantitative estimate of drug-likeness (QED) is 0.768. The number of carboxylic acids is 1. The highest BCUT2D eigenvalue weighted by molar-refractivity contribution is 5.80. The van der Waals surface area contributed by atoms with Crippen molar-refractivity contribution in [1.82, 2.24) is 10.2 Å². The third-order valence-corrected chi connectivity index (χ3v) is 5.19. The molecule has 1 aliphatic rings. The molecule has 0 aromatic heterocycles. The van der Waals surface area contributed by atoms with Crippen LogP contribution in [0.3, 0.4) is 0 Å². The lowest BCUT2D eigenvalue weighted by Gasteiger charge is -2.39. The van der Waals surface area contributed by atoms with Gasteiger partial charge < -0.3 is 15.2 Å². The van der Waals surface area contributed by atoms with Crippen molar-refractivity contribution in [2.75, 3.05) is 0 Å². The largest absolute Gasteiger partial charge is 0.480 e. The SMILES string of the molecule is CC1CCC[C@@H](C)N1Cc1ccc(CC(NC(=O)OC(C)(C)C)C(=O)O)cc1. The smallest absolute Gasteiger partial charge is 0.408 e. The molecular formula is C22H34N2O4. The molecule has 1 aromatic carbocycles. The maximum absolute atomic E-state index is 11.9. The Hall–Kier alpha value is -2.08. The van der Waals surface area contributed by atoms with Gasteiger partial charge in [0.2, 0.25) is 0 Å². The summed E-state index contributed by atoms with van der Waals surface area (Å²) in [6.45, 7) is 10.7. The van der Waals surface area contributed by atoms with Gasteiger partial charge >= 0.3 is 12.1 Å². The first kappa shape index (κ1) is 22.2. The number of amides is 1. The number of piperidine rings is 1. The number of benzene rings is 1. The van der Waals surface area contributed by atoms with Crippen LogP contribution in [0.2, 0.25) is 0 Å². The lowest BCUT2D eigenvalue weighted by atomic mass is 9.96. The number of alkyl carbamates (subject to hydrolysis) is 1. The summed E-state index contributed by atoms with van der Waals surface area (Å²) in [6, 6.07) is 8.13. The summed E-state index contributed by atoms with van der Waals surface area (Å²) in [6.07, 6.45) is 3.26. The number of hydrogen-bond acceptors (Lipinski definition) is 4. The van der Waals surface area contributed by atoms with E-state index in [2.05, 4.69) is 36.2 Å². The van der Waals surface area contributed by atoms with Gasteiger partial charge in [0.25, 0.3) is 0 Å². The van der Waals surface area contributed by atoms with Crippen LogP contribution in [-0.2, 0) is 22.5 Å². The van der Waals surface area contributed by atoms with E-state index in [0.29, 0.717) is 12.1 Å². The van der Waals surface area contributed by atoms with Crippen molar-refractivity contribution in [3.8, 4) is 0 Å². The Morgan fingerprint density at radius 2 is 1.68 bits per heavy atom. The van der Waals surface area contributed by atoms with E-state index in [1.54, 1.807) is 20.8 Å². The minimum Gasteiger partial charge on any atom is -0.480 e. The van der Waals surface area contributed by atoms with Crippen molar-refractivity contribution >= 4 is 12.1 Å². The highest BCUT2D eigenvalue weighted by atomic mass is 16.6. The van der Waals surface area contributed by atoms with Crippen molar-refractivity contribution in [3.05, 3.63) is 35.4 Å². The fraction of sp³-hybridized carbons (Fsp3) is 0.636. The van der Waals surface area contributed by atoms with Crippen LogP contribution in [0.1, 0.15) is 65.0 Å². The van der Waals surface area contributed by atoms with Crippen molar-refractivity contribution in [2.45, 2.75) is 90.6 Å². The summed E-state index contributed by atoms with van der Waals surface area (Å²) in [7, 11) is 0. The van der Waals surface area contributed by atoms with Gasteiger partial charge in [0, 0.05) is 25.0 Å². The van der Waals surface area contributed by atoms with E-state index in [4.69, 9.17) is 4.74 Å². The molecule has 0 radical (unpaired) electrons. The van der Waals surface area contributed by atoms with E-state index in [1.165, 1.54) is 24.8 Å². The third-order valence-electron chi connectivity index (χ3n) is 5.19. The van der Waals surface area contributed by atoms with Crippen LogP contribution in [-0.4, -0.2) is 45.8 Å². The van der Waals surface area contributed by atoms with E-state index in [0.717, 1.165) is 12.1 Å². The molecule has 2 rings (SSSR count). The number of rotatable bonds is 6. The fourth-order valence-corrected chi connectivity index (χ4v) is 3.66. The molecule has 0 aliphatic carbocycles. The first-order chi connectivity index (χ1) is 13.0. The minimum atomic E-state index is -1.08. The second kappa shape index (κ2) is 9.41. The maximum atomic E-state index is 11.9. The van der Waals surface area contributed by atoms with Crippen LogP contribution in [0.4, 0.5) is 4.79 Å². The number of likely N-dealkylation sites (tertiary alicyclic amines) is 1. The number of aliphatic carboxylic acids is 1. The molecule has 2 N–H and O–H groups in total. The summed E-state index contributed by atoms with van der Waals surface area (Å²) in [4.78, 5) is 26.0. The van der Waals surface area contributed by atoms with E-state index >= 15 is 0 Å². The number of hydrogen-bond donors (Lipinski definition) is 2. The summed E-state index contributed by atoms with van der Waals surface area (Å²) in [5, 5.41) is 11.9. The molecule has 1 aliphatic heterocycles. The molecule has 156 valence electrons. The first-order valence-electron chi connectivity index (χ1n) is 10.1. The van der Waals surface area contributed by atoms with E-state index in [9.17, 15) is 14.7 Å². The zero-order chi connectivity index (χ0) is 20.9. The standard InChI is InChI=1S/C22H34N2O4/c1-15-7-6-8-16(2)24(15)14-18-11-9-17(10-12-18)13-19(20(25)26)23-21(27)28-22(3,4)5/h9-12,15-16,19H,6-8,13-14H2,1-5H3,(H,23,27)(H,25,26)/t15-,16?,19?/m1/s1. The van der Waals surface area contributed by atoms with Crippen molar-refractivity contribution in [2.24, 2.45) is 0 Å². The Morgan fingerprint density at radius 1 is 1.14 bits per heavy atom. The maximum Gasteiger partial charge on any atom is 0.408 e. The van der Waals surface area contributed by atoms with Gasteiger partial charge in [-0.3, -0.25) is 4.90 Å². The average Bonchev–Trinajstić information content (AvgIpc) is 2.57. The van der Waals surface area contributed by atoms with Gasteiger partial charge in [-0.2, -0.15) is 0 Å². The number of nitrogens with zero attached hydrogens (tertiary/aromatic N) is 1. The van der Waals surface area contributed by atoms with Gasteiger partial charge in [-0.1, -0.05) is 30.7 Å². The van der Waals surface area contributed by atoms with E-state index < -0.39 is 23.7 Å². The zero-order valence-electron chi connectivity index (χ0n) is 17.7. The van der Waals surface area contributed by atoms with Gasteiger partial charge in [0.1, 0.15) is 11.6 Å². The minimum absolute atomic E-state index is 0.214. The Bertz CT molecular complexity index is 656. The second-order valence-corrected chi connectivity index (χ2v) is 8.86. The molecule has 6 nitrogen and oxygen atoms in total. The zero-order valence-corrected chi connectivity index (χ0v) is 17.7. The van der Waals surface area contributed by atoms with Gasteiger partial charge in [-0.25, -0.2) is 9.59 Å². The lowest BCUT2D eigenvalue weighted by Crippen LogP contribution is -2.44. The van der Waals surface area contributed by atoms with Crippen LogP contribution in [0.5, 0.6) is 0 Å². The Kier molecular flexibility index (Phi) is 7.47. The summed E-state index contributed by atoms with van der Waals surface area (Å²) >= 11 is 0. The predicted molar refractivity (Wildman–Crippen MR) is 109 cm³/mol. The van der Waals surface area contributed by atoms with E-state index in [-0.39, 0.29) is 6.42 Å². The first-order valence-corrected chi connectivity index (χ1v) is 10.1. The molecule has 1 aromatic rings. The highest BCUT2D eigenvalue weighted by Crippen LogP contribution is 2.24.